The highest BCUT2D eigenvalue weighted by molar-refractivity contribution is 7.98. The molecule has 1 fully saturated rings. The van der Waals surface area contributed by atoms with Gasteiger partial charge < -0.3 is 15.4 Å². The van der Waals surface area contributed by atoms with Crippen molar-refractivity contribution in [2.45, 2.75) is 31.4 Å². The largest absolute Gasteiger partial charge is 0.490 e. The number of hydrogen-bond acceptors (Lipinski definition) is 4. The van der Waals surface area contributed by atoms with E-state index in [2.05, 4.69) is 0 Å². The lowest BCUT2D eigenvalue weighted by molar-refractivity contribution is -0.134. The Balaban J connectivity index is 0.00000242. The van der Waals surface area contributed by atoms with Gasteiger partial charge in [-0.2, -0.15) is 11.8 Å². The summed E-state index contributed by atoms with van der Waals surface area (Å²) in [5.41, 5.74) is 5.96. The molecule has 2 rings (SSSR count). The van der Waals surface area contributed by atoms with Gasteiger partial charge in [0.05, 0.1) is 6.04 Å². The molecule has 0 radical (unpaired) electrons. The molecule has 0 aromatic heterocycles. The number of carbonyl (C=O) groups is 1. The van der Waals surface area contributed by atoms with Gasteiger partial charge in [-0.05, 0) is 30.6 Å². The third-order valence-electron chi connectivity index (χ3n) is 3.75. The van der Waals surface area contributed by atoms with Crippen LogP contribution in [-0.4, -0.2) is 48.1 Å². The Labute approximate surface area is 143 Å². The van der Waals surface area contributed by atoms with Crippen LogP contribution in [0.25, 0.3) is 0 Å². The SMILES string of the molecule is CSCC[C@H](N)C(=O)N1CCC(Oc2ccccc2)CC1.Cl. The van der Waals surface area contributed by atoms with Gasteiger partial charge in [-0.25, -0.2) is 0 Å². The molecule has 4 nitrogen and oxygen atoms in total. The molecule has 0 bridgehead atoms. The highest BCUT2D eigenvalue weighted by Crippen LogP contribution is 2.19. The molecule has 1 aromatic rings. The maximum absolute atomic E-state index is 12.2. The highest BCUT2D eigenvalue weighted by atomic mass is 35.5. The molecule has 1 heterocycles. The molecule has 22 heavy (non-hydrogen) atoms. The first-order chi connectivity index (χ1) is 10.2. The predicted molar refractivity (Wildman–Crippen MR) is 94.9 cm³/mol. The second kappa shape index (κ2) is 9.98. The van der Waals surface area contributed by atoms with Crippen molar-refractivity contribution in [2.75, 3.05) is 25.1 Å². The van der Waals surface area contributed by atoms with Gasteiger partial charge in [0, 0.05) is 25.9 Å². The quantitative estimate of drug-likeness (QED) is 0.861. The van der Waals surface area contributed by atoms with Gasteiger partial charge >= 0.3 is 0 Å². The van der Waals surface area contributed by atoms with E-state index < -0.39 is 0 Å². The topological polar surface area (TPSA) is 55.6 Å². The van der Waals surface area contributed by atoms with Crippen LogP contribution in [0.4, 0.5) is 0 Å². The lowest BCUT2D eigenvalue weighted by Gasteiger charge is -2.33. The average Bonchev–Trinajstić information content (AvgIpc) is 2.53. The molecule has 1 aromatic carbocycles. The molecule has 1 atom stereocenters. The first kappa shape index (κ1) is 19.1. The van der Waals surface area contributed by atoms with E-state index in [1.807, 2.05) is 41.5 Å². The standard InChI is InChI=1S/C16H24N2O2S.ClH/c1-21-12-9-15(17)16(19)18-10-7-14(8-11-18)20-13-5-3-2-4-6-13;/h2-6,14-15H,7-12,17H2,1H3;1H/t15-;/m0./s1. The Kier molecular flexibility index (Phi) is 8.68. The van der Waals surface area contributed by atoms with Gasteiger partial charge in [0.15, 0.2) is 0 Å². The van der Waals surface area contributed by atoms with Crippen molar-refractivity contribution in [3.63, 3.8) is 0 Å². The number of hydrogen-bond donors (Lipinski definition) is 1. The Morgan fingerprint density at radius 2 is 2.00 bits per heavy atom. The van der Waals surface area contributed by atoms with Crippen molar-refractivity contribution in [1.82, 2.24) is 4.90 Å². The third-order valence-corrected chi connectivity index (χ3v) is 4.39. The van der Waals surface area contributed by atoms with Crippen molar-refractivity contribution in [3.8, 4) is 5.75 Å². The minimum atomic E-state index is -0.357. The number of para-hydroxylation sites is 1. The van der Waals surface area contributed by atoms with Gasteiger partial charge in [-0.15, -0.1) is 12.4 Å². The Hall–Kier alpha value is -0.910. The van der Waals surface area contributed by atoms with Crippen LogP contribution in [0.3, 0.4) is 0 Å². The van der Waals surface area contributed by atoms with E-state index in [9.17, 15) is 4.79 Å². The first-order valence-corrected chi connectivity index (χ1v) is 8.85. The molecule has 1 aliphatic rings. The van der Waals surface area contributed by atoms with E-state index in [0.717, 1.165) is 43.9 Å². The van der Waals surface area contributed by atoms with E-state index in [1.54, 1.807) is 11.8 Å². The summed E-state index contributed by atoms with van der Waals surface area (Å²) in [5.74, 6) is 1.92. The van der Waals surface area contributed by atoms with Crippen LogP contribution in [0, 0.1) is 0 Å². The summed E-state index contributed by atoms with van der Waals surface area (Å²) in [7, 11) is 0. The molecule has 124 valence electrons. The van der Waals surface area contributed by atoms with Crippen LogP contribution in [0.1, 0.15) is 19.3 Å². The summed E-state index contributed by atoms with van der Waals surface area (Å²) < 4.78 is 5.94. The van der Waals surface area contributed by atoms with Crippen LogP contribution in [0.15, 0.2) is 30.3 Å². The molecule has 1 amide bonds. The molecule has 1 saturated heterocycles. The Morgan fingerprint density at radius 3 is 2.59 bits per heavy atom. The first-order valence-electron chi connectivity index (χ1n) is 7.45. The maximum atomic E-state index is 12.2. The van der Waals surface area contributed by atoms with Gasteiger partial charge in [-0.3, -0.25) is 4.79 Å². The van der Waals surface area contributed by atoms with Crippen LogP contribution < -0.4 is 10.5 Å². The van der Waals surface area contributed by atoms with Crippen LogP contribution in [0.5, 0.6) is 5.75 Å². The van der Waals surface area contributed by atoms with Crippen LogP contribution in [0.2, 0.25) is 0 Å². The fraction of sp³-hybridized carbons (Fsp3) is 0.562. The van der Waals surface area contributed by atoms with E-state index in [4.69, 9.17) is 10.5 Å². The van der Waals surface area contributed by atoms with Gasteiger partial charge in [0.25, 0.3) is 0 Å². The van der Waals surface area contributed by atoms with Crippen LogP contribution >= 0.6 is 24.2 Å². The lowest BCUT2D eigenvalue weighted by atomic mass is 10.1. The molecule has 0 spiro atoms. The van der Waals surface area contributed by atoms with Crippen molar-refractivity contribution >= 4 is 30.1 Å². The fourth-order valence-electron chi connectivity index (χ4n) is 2.49. The molecule has 0 aliphatic carbocycles. The highest BCUT2D eigenvalue weighted by Gasteiger charge is 2.26. The van der Waals surface area contributed by atoms with Crippen molar-refractivity contribution in [3.05, 3.63) is 30.3 Å². The predicted octanol–water partition coefficient (Wildman–Crippen LogP) is 2.56. The molecular formula is C16H25ClN2O2S. The van der Waals surface area contributed by atoms with E-state index >= 15 is 0 Å². The van der Waals surface area contributed by atoms with Gasteiger partial charge in [0.1, 0.15) is 11.9 Å². The molecule has 0 unspecified atom stereocenters. The number of ether oxygens (including phenoxy) is 1. The minimum absolute atomic E-state index is 0. The minimum Gasteiger partial charge on any atom is -0.490 e. The summed E-state index contributed by atoms with van der Waals surface area (Å²) >= 11 is 1.72. The fourth-order valence-corrected chi connectivity index (χ4v) is 2.98. The Morgan fingerprint density at radius 1 is 1.36 bits per heavy atom. The summed E-state index contributed by atoms with van der Waals surface area (Å²) in [6, 6.07) is 9.50. The number of carbonyl (C=O) groups excluding carboxylic acids is 1. The summed E-state index contributed by atoms with van der Waals surface area (Å²) in [4.78, 5) is 14.1. The molecule has 2 N–H and O–H groups in total. The molecule has 6 heteroatoms. The zero-order chi connectivity index (χ0) is 15.1. The average molecular weight is 345 g/mol. The number of halogens is 1. The van der Waals surface area contributed by atoms with E-state index in [1.165, 1.54) is 0 Å². The number of piperidine rings is 1. The Bertz CT molecular complexity index is 439. The zero-order valence-corrected chi connectivity index (χ0v) is 14.6. The molecular weight excluding hydrogens is 320 g/mol. The number of nitrogens with two attached hydrogens (primary N) is 1. The third kappa shape index (κ3) is 5.71. The summed E-state index contributed by atoms with van der Waals surface area (Å²) in [6.07, 6.45) is 4.72. The number of thioether (sulfide) groups is 1. The second-order valence-electron chi connectivity index (χ2n) is 5.34. The van der Waals surface area contributed by atoms with Crippen LogP contribution in [-0.2, 0) is 4.79 Å². The van der Waals surface area contributed by atoms with Crippen molar-refractivity contribution < 1.29 is 9.53 Å². The maximum Gasteiger partial charge on any atom is 0.239 e. The molecule has 1 aliphatic heterocycles. The van der Waals surface area contributed by atoms with Gasteiger partial charge in [0.2, 0.25) is 5.91 Å². The summed E-state index contributed by atoms with van der Waals surface area (Å²) in [5, 5.41) is 0. The summed E-state index contributed by atoms with van der Waals surface area (Å²) in [6.45, 7) is 1.48. The molecule has 0 saturated carbocycles. The lowest BCUT2D eigenvalue weighted by Crippen LogP contribution is -2.48. The van der Waals surface area contributed by atoms with Crippen molar-refractivity contribution in [2.24, 2.45) is 5.73 Å². The number of likely N-dealkylation sites (tertiary alicyclic amines) is 1. The number of nitrogens with zero attached hydrogens (tertiary/aromatic N) is 1. The number of rotatable bonds is 6. The van der Waals surface area contributed by atoms with E-state index in [-0.39, 0.29) is 30.5 Å². The number of amides is 1. The normalized spacial score (nSPS) is 16.7. The zero-order valence-electron chi connectivity index (χ0n) is 12.9. The van der Waals surface area contributed by atoms with E-state index in [0.29, 0.717) is 0 Å². The van der Waals surface area contributed by atoms with Crippen molar-refractivity contribution in [1.29, 1.82) is 0 Å². The monoisotopic (exact) mass is 344 g/mol. The second-order valence-corrected chi connectivity index (χ2v) is 6.33. The smallest absolute Gasteiger partial charge is 0.239 e. The van der Waals surface area contributed by atoms with Gasteiger partial charge in [-0.1, -0.05) is 18.2 Å². The number of benzene rings is 1.